The normalized spacial score (nSPS) is 37.0. The molecule has 0 bridgehead atoms. The summed E-state index contributed by atoms with van der Waals surface area (Å²) in [7, 11) is 0. The summed E-state index contributed by atoms with van der Waals surface area (Å²) in [6, 6.07) is 5.60. The molecular weight excluding hydrogens is 353 g/mol. The van der Waals surface area contributed by atoms with Gasteiger partial charge in [0.05, 0.1) is 0 Å². The lowest BCUT2D eigenvalue weighted by atomic mass is 10.0. The lowest BCUT2D eigenvalue weighted by molar-refractivity contribution is -0.117. The number of carbonyl (C=O) groups is 1. The number of carbonyl (C=O) groups excluding carboxylic acids is 1. The molecule has 3 aliphatic rings. The van der Waals surface area contributed by atoms with E-state index < -0.39 is 4.33 Å². The highest BCUT2D eigenvalue weighted by molar-refractivity contribution is 6.51. The van der Waals surface area contributed by atoms with E-state index in [-0.39, 0.29) is 11.8 Å². The van der Waals surface area contributed by atoms with Gasteiger partial charge in [-0.25, -0.2) is 0 Å². The molecule has 23 heavy (non-hydrogen) atoms. The van der Waals surface area contributed by atoms with Gasteiger partial charge in [0, 0.05) is 16.6 Å². The van der Waals surface area contributed by atoms with Crippen molar-refractivity contribution in [3.63, 3.8) is 0 Å². The molecule has 124 valence electrons. The fraction of sp³-hybridized carbons (Fsp3) is 0.611. The Hall–Kier alpha value is -0.440. The molecule has 1 aromatic rings. The molecule has 5 heteroatoms. The molecule has 1 N–H and O–H groups in total. The highest BCUT2D eigenvalue weighted by atomic mass is 35.5. The molecule has 0 radical (unpaired) electrons. The molecule has 0 heterocycles. The molecule has 3 fully saturated rings. The Morgan fingerprint density at radius 2 is 1.74 bits per heavy atom. The van der Waals surface area contributed by atoms with Crippen LogP contribution >= 0.6 is 34.8 Å². The highest BCUT2D eigenvalue weighted by Gasteiger charge is 2.65. The zero-order valence-corrected chi connectivity index (χ0v) is 15.3. The second-order valence-corrected chi connectivity index (χ2v) is 9.22. The highest BCUT2D eigenvalue weighted by Crippen LogP contribution is 2.67. The molecule has 0 aliphatic heterocycles. The van der Waals surface area contributed by atoms with Crippen molar-refractivity contribution in [2.24, 2.45) is 29.6 Å². The van der Waals surface area contributed by atoms with Gasteiger partial charge in [-0.15, -0.1) is 23.2 Å². The Kier molecular flexibility index (Phi) is 3.87. The Bertz CT molecular complexity index is 638. The van der Waals surface area contributed by atoms with Crippen LogP contribution in [0.1, 0.15) is 31.2 Å². The molecule has 2 nitrogen and oxygen atoms in total. The van der Waals surface area contributed by atoms with Crippen molar-refractivity contribution >= 4 is 46.4 Å². The first-order valence-electron chi connectivity index (χ1n) is 8.34. The van der Waals surface area contributed by atoms with Crippen LogP contribution in [0.2, 0.25) is 5.02 Å². The minimum absolute atomic E-state index is 0.143. The van der Waals surface area contributed by atoms with Gasteiger partial charge < -0.3 is 5.32 Å². The number of anilines is 1. The number of hydrogen-bond donors (Lipinski definition) is 1. The Morgan fingerprint density at radius 1 is 1.13 bits per heavy atom. The zero-order valence-electron chi connectivity index (χ0n) is 13.0. The Morgan fingerprint density at radius 3 is 2.35 bits per heavy atom. The van der Waals surface area contributed by atoms with Crippen LogP contribution in [0.4, 0.5) is 5.69 Å². The molecule has 4 atom stereocenters. The first kappa shape index (κ1) is 16.1. The van der Waals surface area contributed by atoms with Crippen molar-refractivity contribution < 1.29 is 4.79 Å². The lowest BCUT2D eigenvalue weighted by Gasteiger charge is -2.09. The standard InChI is InChI=1S/C18H20Cl3NO/c1-9-2-3-10(19)8-15(9)22-17(23)16-11-4-6-13-14(18(13,20)21)7-5-12(11)16/h2-3,8,11-14,16H,4-7H2,1H3,(H,22,23)/t11-,12-,13+,14+/m0/s1. The van der Waals surface area contributed by atoms with Gasteiger partial charge in [-0.1, -0.05) is 17.7 Å². The third-order valence-electron chi connectivity index (χ3n) is 6.08. The van der Waals surface area contributed by atoms with Gasteiger partial charge in [-0.2, -0.15) is 0 Å². The van der Waals surface area contributed by atoms with E-state index in [1.807, 2.05) is 25.1 Å². The monoisotopic (exact) mass is 371 g/mol. The second-order valence-electron chi connectivity index (χ2n) is 7.34. The fourth-order valence-corrected chi connectivity index (χ4v) is 5.65. The van der Waals surface area contributed by atoms with Gasteiger partial charge in [0.2, 0.25) is 5.91 Å². The largest absolute Gasteiger partial charge is 0.326 e. The van der Waals surface area contributed by atoms with E-state index in [1.54, 1.807) is 0 Å². The lowest BCUT2D eigenvalue weighted by Crippen LogP contribution is -2.16. The van der Waals surface area contributed by atoms with Gasteiger partial charge in [-0.3, -0.25) is 4.79 Å². The van der Waals surface area contributed by atoms with Crippen molar-refractivity contribution in [2.75, 3.05) is 5.32 Å². The van der Waals surface area contributed by atoms with Crippen LogP contribution in [0.15, 0.2) is 18.2 Å². The molecule has 0 saturated heterocycles. The maximum Gasteiger partial charge on any atom is 0.228 e. The molecule has 3 saturated carbocycles. The number of alkyl halides is 2. The van der Waals surface area contributed by atoms with E-state index in [1.165, 1.54) is 0 Å². The molecule has 0 unspecified atom stereocenters. The first-order valence-corrected chi connectivity index (χ1v) is 9.48. The van der Waals surface area contributed by atoms with E-state index in [2.05, 4.69) is 5.32 Å². The topological polar surface area (TPSA) is 29.1 Å². The number of nitrogens with one attached hydrogen (secondary N) is 1. The Labute approximate surface area is 151 Å². The molecule has 1 aromatic carbocycles. The summed E-state index contributed by atoms with van der Waals surface area (Å²) < 4.78 is -0.494. The predicted octanol–water partition coefficient (Wildman–Crippen LogP) is 5.44. The van der Waals surface area contributed by atoms with Crippen LogP contribution in [0.25, 0.3) is 0 Å². The number of amides is 1. The third kappa shape index (κ3) is 2.77. The van der Waals surface area contributed by atoms with E-state index in [4.69, 9.17) is 34.8 Å². The van der Waals surface area contributed by atoms with Crippen LogP contribution in [0, 0.1) is 36.5 Å². The third-order valence-corrected chi connectivity index (χ3v) is 7.44. The summed E-state index contributed by atoms with van der Waals surface area (Å²) >= 11 is 18.7. The van der Waals surface area contributed by atoms with Gasteiger partial charge in [0.1, 0.15) is 4.33 Å². The van der Waals surface area contributed by atoms with Crippen LogP contribution in [0.5, 0.6) is 0 Å². The average Bonchev–Trinajstić information content (AvgIpc) is 3.27. The van der Waals surface area contributed by atoms with Crippen molar-refractivity contribution in [1.82, 2.24) is 0 Å². The summed E-state index contributed by atoms with van der Waals surface area (Å²) in [5, 5.41) is 3.72. The summed E-state index contributed by atoms with van der Waals surface area (Å²) in [4.78, 5) is 12.6. The quantitative estimate of drug-likeness (QED) is 0.688. The smallest absolute Gasteiger partial charge is 0.228 e. The minimum atomic E-state index is -0.494. The van der Waals surface area contributed by atoms with Crippen molar-refractivity contribution in [3.8, 4) is 0 Å². The number of aryl methyl sites for hydroxylation is 1. The minimum Gasteiger partial charge on any atom is -0.326 e. The number of halogens is 3. The number of fused-ring (bicyclic) bond motifs is 2. The summed E-state index contributed by atoms with van der Waals surface area (Å²) in [6.45, 7) is 1.98. The number of rotatable bonds is 2. The molecule has 1 amide bonds. The fourth-order valence-electron chi connectivity index (χ4n) is 4.56. The van der Waals surface area contributed by atoms with E-state index in [0.717, 1.165) is 36.9 Å². The average molecular weight is 373 g/mol. The summed E-state index contributed by atoms with van der Waals surface area (Å²) in [5.74, 6) is 2.16. The molecular formula is C18H20Cl3NO. The zero-order chi connectivity index (χ0) is 16.4. The first-order chi connectivity index (χ1) is 10.9. The van der Waals surface area contributed by atoms with Crippen LogP contribution in [-0.4, -0.2) is 10.2 Å². The number of benzene rings is 1. The van der Waals surface area contributed by atoms with Crippen molar-refractivity contribution in [3.05, 3.63) is 28.8 Å². The summed E-state index contributed by atoms with van der Waals surface area (Å²) in [6.07, 6.45) is 4.25. The van der Waals surface area contributed by atoms with Crippen LogP contribution in [0.3, 0.4) is 0 Å². The maximum absolute atomic E-state index is 12.6. The second kappa shape index (κ2) is 5.54. The molecule has 4 rings (SSSR count). The van der Waals surface area contributed by atoms with E-state index in [0.29, 0.717) is 28.7 Å². The summed E-state index contributed by atoms with van der Waals surface area (Å²) in [5.41, 5.74) is 1.86. The van der Waals surface area contributed by atoms with Gasteiger partial charge >= 0.3 is 0 Å². The Balaban J connectivity index is 1.41. The SMILES string of the molecule is Cc1ccc(Cl)cc1NC(=O)C1[C@H]2CC[C@@H]3[C@@H](CC[C@H]12)C3(Cl)Cl. The molecule has 0 spiro atoms. The van der Waals surface area contributed by atoms with Crippen LogP contribution in [-0.2, 0) is 4.79 Å². The van der Waals surface area contributed by atoms with Crippen molar-refractivity contribution in [2.45, 2.75) is 36.9 Å². The maximum atomic E-state index is 12.6. The van der Waals surface area contributed by atoms with Gasteiger partial charge in [0.15, 0.2) is 0 Å². The predicted molar refractivity (Wildman–Crippen MR) is 95.2 cm³/mol. The number of hydrogen-bond acceptors (Lipinski definition) is 1. The van der Waals surface area contributed by atoms with E-state index in [9.17, 15) is 4.79 Å². The van der Waals surface area contributed by atoms with E-state index >= 15 is 0 Å². The molecule has 3 aliphatic carbocycles. The van der Waals surface area contributed by atoms with Gasteiger partial charge in [-0.05, 0) is 74.0 Å². The van der Waals surface area contributed by atoms with Crippen LogP contribution < -0.4 is 5.32 Å². The molecule has 0 aromatic heterocycles. The van der Waals surface area contributed by atoms with Gasteiger partial charge in [0.25, 0.3) is 0 Å². The van der Waals surface area contributed by atoms with Crippen molar-refractivity contribution in [1.29, 1.82) is 0 Å².